The number of furan rings is 1. The minimum atomic E-state index is -0.541. The number of rotatable bonds is 4. The summed E-state index contributed by atoms with van der Waals surface area (Å²) in [5.41, 5.74) is 4.98. The molecule has 0 saturated heterocycles. The molecule has 4 nitrogen and oxygen atoms in total. The summed E-state index contributed by atoms with van der Waals surface area (Å²) in [6, 6.07) is 3.50. The summed E-state index contributed by atoms with van der Waals surface area (Å²) in [6.07, 6.45) is 1.59. The van der Waals surface area contributed by atoms with Gasteiger partial charge in [-0.25, -0.2) is 0 Å². The molecule has 0 fully saturated rings. The quantitative estimate of drug-likeness (QED) is 0.790. The van der Waals surface area contributed by atoms with Crippen molar-refractivity contribution >= 4 is 5.91 Å². The first-order chi connectivity index (χ1) is 6.97. The first-order valence-corrected chi connectivity index (χ1v) is 5.02. The molecule has 0 bridgehead atoms. The highest BCUT2D eigenvalue weighted by Crippen LogP contribution is 2.17. The average molecular weight is 210 g/mol. The van der Waals surface area contributed by atoms with Gasteiger partial charge in [0.1, 0.15) is 5.76 Å². The smallest absolute Gasteiger partial charge is 0.227 e. The van der Waals surface area contributed by atoms with E-state index in [-0.39, 0.29) is 11.9 Å². The van der Waals surface area contributed by atoms with Gasteiger partial charge in [-0.05, 0) is 32.9 Å². The van der Waals surface area contributed by atoms with Gasteiger partial charge < -0.3 is 15.5 Å². The van der Waals surface area contributed by atoms with Crippen LogP contribution in [0.1, 0.15) is 32.6 Å². The Hall–Kier alpha value is -1.29. The van der Waals surface area contributed by atoms with Crippen LogP contribution in [-0.4, -0.2) is 12.5 Å². The van der Waals surface area contributed by atoms with E-state index in [1.54, 1.807) is 12.3 Å². The largest absolute Gasteiger partial charge is 0.467 e. The number of hydrogen-bond acceptors (Lipinski definition) is 3. The predicted octanol–water partition coefficient (Wildman–Crippen LogP) is 1.44. The van der Waals surface area contributed by atoms with Gasteiger partial charge in [-0.3, -0.25) is 4.79 Å². The molecule has 0 aliphatic carbocycles. The lowest BCUT2D eigenvalue weighted by Gasteiger charge is -2.23. The highest BCUT2D eigenvalue weighted by atomic mass is 16.3. The van der Waals surface area contributed by atoms with Crippen LogP contribution in [-0.2, 0) is 4.79 Å². The second-order valence-corrected chi connectivity index (χ2v) is 4.30. The van der Waals surface area contributed by atoms with Gasteiger partial charge in [-0.2, -0.15) is 0 Å². The molecule has 15 heavy (non-hydrogen) atoms. The molecule has 0 saturated carbocycles. The van der Waals surface area contributed by atoms with Crippen LogP contribution >= 0.6 is 0 Å². The van der Waals surface area contributed by atoms with Gasteiger partial charge in [-0.1, -0.05) is 0 Å². The summed E-state index contributed by atoms with van der Waals surface area (Å²) in [5, 5.41) is 2.86. The maximum Gasteiger partial charge on any atom is 0.227 e. The number of carbonyl (C=O) groups is 1. The Morgan fingerprint density at radius 1 is 1.67 bits per heavy atom. The molecule has 1 atom stereocenters. The summed E-state index contributed by atoms with van der Waals surface area (Å²) >= 11 is 0. The lowest BCUT2D eigenvalue weighted by molar-refractivity contribution is -0.129. The van der Waals surface area contributed by atoms with E-state index in [2.05, 4.69) is 5.32 Å². The van der Waals surface area contributed by atoms with Crippen LogP contribution in [0.4, 0.5) is 0 Å². The van der Waals surface area contributed by atoms with E-state index in [0.29, 0.717) is 6.54 Å². The van der Waals surface area contributed by atoms with Gasteiger partial charge in [-0.15, -0.1) is 0 Å². The van der Waals surface area contributed by atoms with Crippen molar-refractivity contribution in [3.63, 3.8) is 0 Å². The Balaban J connectivity index is 2.60. The fraction of sp³-hybridized carbons (Fsp3) is 0.545. The van der Waals surface area contributed by atoms with Gasteiger partial charge >= 0.3 is 0 Å². The van der Waals surface area contributed by atoms with Crippen molar-refractivity contribution in [3.8, 4) is 0 Å². The third kappa shape index (κ3) is 2.83. The highest BCUT2D eigenvalue weighted by Gasteiger charge is 2.27. The Morgan fingerprint density at radius 2 is 2.33 bits per heavy atom. The van der Waals surface area contributed by atoms with E-state index < -0.39 is 5.41 Å². The molecule has 1 aromatic rings. The van der Waals surface area contributed by atoms with Crippen LogP contribution in [0.3, 0.4) is 0 Å². The molecule has 1 aromatic heterocycles. The molecule has 1 heterocycles. The third-order valence-corrected chi connectivity index (χ3v) is 2.44. The molecule has 0 aromatic carbocycles. The lowest BCUT2D eigenvalue weighted by Crippen LogP contribution is -2.42. The molecule has 3 N–H and O–H groups in total. The number of amides is 1. The van der Waals surface area contributed by atoms with Crippen molar-refractivity contribution in [1.82, 2.24) is 5.32 Å². The van der Waals surface area contributed by atoms with E-state index in [1.807, 2.05) is 26.8 Å². The first kappa shape index (κ1) is 11.8. The SMILES string of the molecule is C[C@@H](NC(=O)C(C)(C)CN)c1ccco1. The van der Waals surface area contributed by atoms with E-state index in [1.165, 1.54) is 0 Å². The molecule has 0 unspecified atom stereocenters. The fourth-order valence-electron chi connectivity index (χ4n) is 1.09. The van der Waals surface area contributed by atoms with Crippen LogP contribution in [0, 0.1) is 5.41 Å². The van der Waals surface area contributed by atoms with Crippen molar-refractivity contribution in [1.29, 1.82) is 0 Å². The number of carbonyl (C=O) groups excluding carboxylic acids is 1. The van der Waals surface area contributed by atoms with Crippen LogP contribution < -0.4 is 11.1 Å². The van der Waals surface area contributed by atoms with Gasteiger partial charge in [0.25, 0.3) is 0 Å². The molecule has 0 aliphatic rings. The Morgan fingerprint density at radius 3 is 2.80 bits per heavy atom. The Kier molecular flexibility index (Phi) is 3.52. The fourth-order valence-corrected chi connectivity index (χ4v) is 1.09. The molecule has 1 rings (SSSR count). The number of nitrogens with one attached hydrogen (secondary N) is 1. The third-order valence-electron chi connectivity index (χ3n) is 2.44. The van der Waals surface area contributed by atoms with E-state index in [4.69, 9.17) is 10.2 Å². The second kappa shape index (κ2) is 4.49. The summed E-state index contributed by atoms with van der Waals surface area (Å²) < 4.78 is 5.20. The maximum absolute atomic E-state index is 11.8. The topological polar surface area (TPSA) is 68.3 Å². The predicted molar refractivity (Wildman–Crippen MR) is 58.1 cm³/mol. The number of hydrogen-bond donors (Lipinski definition) is 2. The zero-order valence-electron chi connectivity index (χ0n) is 9.41. The molecule has 0 aliphatic heterocycles. The molecular formula is C11H18N2O2. The van der Waals surface area contributed by atoms with E-state index in [9.17, 15) is 4.79 Å². The Labute approximate surface area is 89.8 Å². The standard InChI is InChI=1S/C11H18N2O2/c1-8(9-5-4-6-15-9)13-10(14)11(2,3)7-12/h4-6,8H,7,12H2,1-3H3,(H,13,14)/t8-/m1/s1. The second-order valence-electron chi connectivity index (χ2n) is 4.30. The summed E-state index contributed by atoms with van der Waals surface area (Å²) in [7, 11) is 0. The zero-order valence-corrected chi connectivity index (χ0v) is 9.41. The molecular weight excluding hydrogens is 192 g/mol. The van der Waals surface area contributed by atoms with Crippen molar-refractivity contribution in [2.45, 2.75) is 26.8 Å². The Bertz CT molecular complexity index is 317. The number of nitrogens with two attached hydrogens (primary N) is 1. The molecule has 1 amide bonds. The van der Waals surface area contributed by atoms with Crippen LogP contribution in [0.15, 0.2) is 22.8 Å². The van der Waals surface area contributed by atoms with Crippen molar-refractivity contribution < 1.29 is 9.21 Å². The summed E-state index contributed by atoms with van der Waals surface area (Å²) in [4.78, 5) is 11.8. The van der Waals surface area contributed by atoms with Crippen LogP contribution in [0.5, 0.6) is 0 Å². The van der Waals surface area contributed by atoms with Gasteiger partial charge in [0.2, 0.25) is 5.91 Å². The average Bonchev–Trinajstić information content (AvgIpc) is 2.70. The van der Waals surface area contributed by atoms with Crippen LogP contribution in [0.25, 0.3) is 0 Å². The van der Waals surface area contributed by atoms with Crippen molar-refractivity contribution in [3.05, 3.63) is 24.2 Å². The monoisotopic (exact) mass is 210 g/mol. The van der Waals surface area contributed by atoms with Crippen molar-refractivity contribution in [2.75, 3.05) is 6.54 Å². The molecule has 84 valence electrons. The highest BCUT2D eigenvalue weighted by molar-refractivity contribution is 5.82. The van der Waals surface area contributed by atoms with Gasteiger partial charge in [0.05, 0.1) is 17.7 Å². The normalized spacial score (nSPS) is 13.6. The maximum atomic E-state index is 11.8. The van der Waals surface area contributed by atoms with Crippen LogP contribution in [0.2, 0.25) is 0 Å². The summed E-state index contributed by atoms with van der Waals surface area (Å²) in [5.74, 6) is 0.685. The van der Waals surface area contributed by atoms with E-state index in [0.717, 1.165) is 5.76 Å². The minimum absolute atomic E-state index is 0.0612. The molecule has 4 heteroatoms. The molecule has 0 radical (unpaired) electrons. The van der Waals surface area contributed by atoms with Gasteiger partial charge in [0.15, 0.2) is 0 Å². The molecule has 0 spiro atoms. The lowest BCUT2D eigenvalue weighted by atomic mass is 9.92. The van der Waals surface area contributed by atoms with Gasteiger partial charge in [0, 0.05) is 6.54 Å². The minimum Gasteiger partial charge on any atom is -0.467 e. The first-order valence-electron chi connectivity index (χ1n) is 5.02. The summed E-state index contributed by atoms with van der Waals surface area (Å²) in [6.45, 7) is 5.83. The van der Waals surface area contributed by atoms with Crippen molar-refractivity contribution in [2.24, 2.45) is 11.1 Å². The zero-order chi connectivity index (χ0) is 11.5. The van der Waals surface area contributed by atoms with E-state index >= 15 is 0 Å².